The molecule has 0 aliphatic rings. The maximum Gasteiger partial charge on any atom is 0.226 e. The predicted octanol–water partition coefficient (Wildman–Crippen LogP) is 1.87. The fraction of sp³-hybridized carbons (Fsp3) is 0.0833. The average Bonchev–Trinajstić information content (AvgIpc) is 2.32. The Labute approximate surface area is 106 Å². The van der Waals surface area contributed by atoms with E-state index in [0.717, 1.165) is 4.47 Å². The van der Waals surface area contributed by atoms with Gasteiger partial charge in [-0.05, 0) is 24.3 Å². The number of phenols is 1. The molecule has 0 radical (unpaired) electrons. The minimum Gasteiger partial charge on any atom is -0.618 e. The third-order valence-corrected chi connectivity index (χ3v) is 2.91. The van der Waals surface area contributed by atoms with Crippen molar-refractivity contribution in [1.82, 2.24) is 0 Å². The zero-order chi connectivity index (χ0) is 12.4. The second-order valence-electron chi connectivity index (χ2n) is 3.56. The molecule has 1 atom stereocenters. The molecule has 0 aliphatic heterocycles. The van der Waals surface area contributed by atoms with E-state index < -0.39 is 6.10 Å². The molecular weight excluding hydrogens is 286 g/mol. The van der Waals surface area contributed by atoms with Crippen LogP contribution in [0.1, 0.15) is 17.4 Å². The van der Waals surface area contributed by atoms with E-state index in [9.17, 15) is 15.4 Å². The topological polar surface area (TPSA) is 67.4 Å². The van der Waals surface area contributed by atoms with E-state index in [1.165, 1.54) is 18.3 Å². The SMILES string of the molecule is [O-][n+]1ccccc1C(O)c1cc(Br)ccc1O. The summed E-state index contributed by atoms with van der Waals surface area (Å²) in [6.07, 6.45) is 0.138. The Bertz CT molecular complexity index is 545. The minimum absolute atomic E-state index is 0.0513. The van der Waals surface area contributed by atoms with Gasteiger partial charge in [0.1, 0.15) is 5.75 Å². The highest BCUT2D eigenvalue weighted by atomic mass is 79.9. The number of hydrogen-bond donors (Lipinski definition) is 2. The van der Waals surface area contributed by atoms with Crippen LogP contribution in [0.5, 0.6) is 5.75 Å². The number of hydrogen-bond acceptors (Lipinski definition) is 3. The molecule has 2 N–H and O–H groups in total. The number of aromatic hydroxyl groups is 1. The van der Waals surface area contributed by atoms with Crippen molar-refractivity contribution >= 4 is 15.9 Å². The molecule has 17 heavy (non-hydrogen) atoms. The Morgan fingerprint density at radius 1 is 1.24 bits per heavy atom. The van der Waals surface area contributed by atoms with E-state index in [4.69, 9.17) is 0 Å². The first-order chi connectivity index (χ1) is 8.09. The Morgan fingerprint density at radius 2 is 2.00 bits per heavy atom. The number of halogens is 1. The van der Waals surface area contributed by atoms with Gasteiger partial charge in [-0.1, -0.05) is 15.9 Å². The molecule has 0 amide bonds. The van der Waals surface area contributed by atoms with Gasteiger partial charge in [-0.15, -0.1) is 0 Å². The van der Waals surface area contributed by atoms with Gasteiger partial charge >= 0.3 is 0 Å². The second-order valence-corrected chi connectivity index (χ2v) is 4.47. The number of aliphatic hydroxyl groups is 1. The van der Waals surface area contributed by atoms with Crippen LogP contribution in [0.3, 0.4) is 0 Å². The first-order valence-corrected chi connectivity index (χ1v) is 5.73. The lowest BCUT2D eigenvalue weighted by atomic mass is 10.1. The van der Waals surface area contributed by atoms with Crippen molar-refractivity contribution in [3.63, 3.8) is 0 Å². The molecule has 0 saturated heterocycles. The number of aromatic nitrogens is 1. The fourth-order valence-electron chi connectivity index (χ4n) is 1.56. The molecule has 0 bridgehead atoms. The Kier molecular flexibility index (Phi) is 3.31. The Balaban J connectivity index is 2.47. The van der Waals surface area contributed by atoms with Gasteiger partial charge in [-0.3, -0.25) is 0 Å². The molecular formula is C12H10BrNO3. The van der Waals surface area contributed by atoms with Crippen molar-refractivity contribution in [3.05, 3.63) is 63.5 Å². The number of pyridine rings is 1. The first-order valence-electron chi connectivity index (χ1n) is 4.94. The fourth-order valence-corrected chi connectivity index (χ4v) is 1.94. The van der Waals surface area contributed by atoms with Gasteiger partial charge in [0.25, 0.3) is 0 Å². The lowest BCUT2D eigenvalue weighted by Crippen LogP contribution is -2.33. The molecule has 1 heterocycles. The number of phenolic OH excluding ortho intramolecular Hbond substituents is 1. The molecule has 1 aromatic carbocycles. The van der Waals surface area contributed by atoms with Gasteiger partial charge in [0, 0.05) is 22.2 Å². The van der Waals surface area contributed by atoms with Crippen molar-refractivity contribution in [2.75, 3.05) is 0 Å². The zero-order valence-electron chi connectivity index (χ0n) is 8.75. The highest BCUT2D eigenvalue weighted by Gasteiger charge is 2.21. The molecule has 0 aliphatic carbocycles. The van der Waals surface area contributed by atoms with Gasteiger partial charge in [-0.2, -0.15) is 4.73 Å². The smallest absolute Gasteiger partial charge is 0.226 e. The summed E-state index contributed by atoms with van der Waals surface area (Å²) in [6.45, 7) is 0. The van der Waals surface area contributed by atoms with Crippen LogP contribution in [0.4, 0.5) is 0 Å². The highest BCUT2D eigenvalue weighted by molar-refractivity contribution is 9.10. The molecule has 0 spiro atoms. The van der Waals surface area contributed by atoms with Crippen LogP contribution in [0, 0.1) is 5.21 Å². The summed E-state index contributed by atoms with van der Waals surface area (Å²) in [5.74, 6) is -0.0513. The van der Waals surface area contributed by atoms with E-state index in [-0.39, 0.29) is 17.0 Å². The third kappa shape index (κ3) is 2.40. The van der Waals surface area contributed by atoms with Crippen LogP contribution in [0.25, 0.3) is 0 Å². The lowest BCUT2D eigenvalue weighted by Gasteiger charge is -2.12. The van der Waals surface area contributed by atoms with Crippen LogP contribution in [-0.2, 0) is 0 Å². The number of nitrogens with zero attached hydrogens (tertiary/aromatic N) is 1. The Hall–Kier alpha value is -1.59. The van der Waals surface area contributed by atoms with Crippen molar-refractivity contribution in [2.24, 2.45) is 0 Å². The van der Waals surface area contributed by atoms with Crippen LogP contribution in [0.15, 0.2) is 47.1 Å². The average molecular weight is 296 g/mol. The quantitative estimate of drug-likeness (QED) is 0.656. The number of benzene rings is 1. The first kappa shape index (κ1) is 11.9. The molecule has 1 aromatic heterocycles. The van der Waals surface area contributed by atoms with Crippen molar-refractivity contribution in [3.8, 4) is 5.75 Å². The van der Waals surface area contributed by atoms with Gasteiger partial charge < -0.3 is 15.4 Å². The van der Waals surface area contributed by atoms with Crippen molar-refractivity contribution in [2.45, 2.75) is 6.10 Å². The summed E-state index contributed by atoms with van der Waals surface area (Å²) in [5.41, 5.74) is 0.455. The van der Waals surface area contributed by atoms with E-state index in [2.05, 4.69) is 15.9 Å². The summed E-state index contributed by atoms with van der Waals surface area (Å²) >= 11 is 3.25. The largest absolute Gasteiger partial charge is 0.618 e. The van der Waals surface area contributed by atoms with Crippen molar-refractivity contribution in [1.29, 1.82) is 0 Å². The summed E-state index contributed by atoms with van der Waals surface area (Å²) in [7, 11) is 0. The second kappa shape index (κ2) is 4.73. The van der Waals surface area contributed by atoms with Gasteiger partial charge in [0.15, 0.2) is 12.3 Å². The van der Waals surface area contributed by atoms with Gasteiger partial charge in [-0.25, -0.2) is 0 Å². The van der Waals surface area contributed by atoms with Crippen LogP contribution in [-0.4, -0.2) is 10.2 Å². The van der Waals surface area contributed by atoms with Crippen LogP contribution >= 0.6 is 15.9 Å². The van der Waals surface area contributed by atoms with E-state index >= 15 is 0 Å². The molecule has 0 fully saturated rings. The highest BCUT2D eigenvalue weighted by Crippen LogP contribution is 2.30. The maximum atomic E-state index is 11.5. The molecule has 2 aromatic rings. The normalized spacial score (nSPS) is 12.4. The monoisotopic (exact) mass is 295 g/mol. The molecule has 2 rings (SSSR count). The van der Waals surface area contributed by atoms with E-state index in [0.29, 0.717) is 4.73 Å². The van der Waals surface area contributed by atoms with Crippen LogP contribution in [0.2, 0.25) is 0 Å². The predicted molar refractivity (Wildman–Crippen MR) is 65.3 cm³/mol. The van der Waals surface area contributed by atoms with Gasteiger partial charge in [0.05, 0.1) is 0 Å². The number of aliphatic hydroxyl groups excluding tert-OH is 1. The molecule has 0 saturated carbocycles. The summed E-state index contributed by atoms with van der Waals surface area (Å²) in [6, 6.07) is 9.43. The number of rotatable bonds is 2. The summed E-state index contributed by atoms with van der Waals surface area (Å²) in [4.78, 5) is 0. The third-order valence-electron chi connectivity index (χ3n) is 2.42. The molecule has 5 heteroatoms. The Morgan fingerprint density at radius 3 is 2.71 bits per heavy atom. The van der Waals surface area contributed by atoms with Crippen molar-refractivity contribution < 1.29 is 14.9 Å². The van der Waals surface area contributed by atoms with E-state index in [1.54, 1.807) is 24.3 Å². The summed E-state index contributed by atoms with van der Waals surface area (Å²) < 4.78 is 1.29. The molecule has 1 unspecified atom stereocenters. The molecule has 4 nitrogen and oxygen atoms in total. The molecule has 88 valence electrons. The van der Waals surface area contributed by atoms with Gasteiger partial charge in [0.2, 0.25) is 5.69 Å². The maximum absolute atomic E-state index is 11.5. The zero-order valence-corrected chi connectivity index (χ0v) is 10.3. The lowest BCUT2D eigenvalue weighted by molar-refractivity contribution is -0.617. The van der Waals surface area contributed by atoms with E-state index in [1.807, 2.05) is 0 Å². The standard InChI is InChI=1S/C12H10BrNO3/c13-8-4-5-11(15)9(7-8)12(16)10-3-1-2-6-14(10)17/h1-7,12,15-16H. The van der Waals surface area contributed by atoms with Crippen LogP contribution < -0.4 is 4.73 Å². The minimum atomic E-state index is -1.16. The summed E-state index contributed by atoms with van der Waals surface area (Å²) in [5, 5.41) is 31.2.